The highest BCUT2D eigenvalue weighted by molar-refractivity contribution is 5.89. The SMILES string of the molecule is O=C1NCC2(CCN(C(=O)Nc3cncc(F)c3)CC2)O1. The van der Waals surface area contributed by atoms with E-state index in [1.54, 1.807) is 4.90 Å². The van der Waals surface area contributed by atoms with Crippen LogP contribution in [0.5, 0.6) is 0 Å². The molecule has 1 aromatic heterocycles. The van der Waals surface area contributed by atoms with Crippen molar-refractivity contribution in [2.24, 2.45) is 0 Å². The van der Waals surface area contributed by atoms with E-state index in [4.69, 9.17) is 4.74 Å². The van der Waals surface area contributed by atoms with Crippen LogP contribution in [0.1, 0.15) is 12.8 Å². The molecule has 0 atom stereocenters. The highest BCUT2D eigenvalue weighted by Crippen LogP contribution is 2.29. The minimum Gasteiger partial charge on any atom is -0.441 e. The first kappa shape index (κ1) is 13.6. The molecule has 0 unspecified atom stereocenters. The molecule has 0 aromatic carbocycles. The quantitative estimate of drug-likeness (QED) is 0.818. The van der Waals surface area contributed by atoms with Crippen LogP contribution < -0.4 is 10.6 Å². The summed E-state index contributed by atoms with van der Waals surface area (Å²) in [6, 6.07) is 0.897. The van der Waals surface area contributed by atoms with E-state index in [0.717, 1.165) is 6.20 Å². The second-order valence-electron chi connectivity index (χ2n) is 5.24. The molecule has 0 bridgehead atoms. The molecule has 0 radical (unpaired) electrons. The predicted octanol–water partition coefficient (Wildman–Crippen LogP) is 1.33. The van der Waals surface area contributed by atoms with Gasteiger partial charge in [-0.3, -0.25) is 4.98 Å². The molecule has 0 aliphatic carbocycles. The van der Waals surface area contributed by atoms with Crippen molar-refractivity contribution >= 4 is 17.8 Å². The number of nitrogens with zero attached hydrogens (tertiary/aromatic N) is 2. The fraction of sp³-hybridized carbons (Fsp3) is 0.462. The van der Waals surface area contributed by atoms with E-state index >= 15 is 0 Å². The normalized spacial score (nSPS) is 20.0. The van der Waals surface area contributed by atoms with E-state index in [1.165, 1.54) is 12.3 Å². The van der Waals surface area contributed by atoms with Crippen LogP contribution in [0.2, 0.25) is 0 Å². The van der Waals surface area contributed by atoms with Crippen LogP contribution >= 0.6 is 0 Å². The minimum atomic E-state index is -0.505. The first-order valence-electron chi connectivity index (χ1n) is 6.70. The first-order chi connectivity index (χ1) is 10.1. The summed E-state index contributed by atoms with van der Waals surface area (Å²) in [6.45, 7) is 1.43. The molecule has 3 heterocycles. The Bertz CT molecular complexity index is 572. The van der Waals surface area contributed by atoms with E-state index in [-0.39, 0.29) is 6.03 Å². The summed E-state index contributed by atoms with van der Waals surface area (Å²) in [5.41, 5.74) is -0.178. The van der Waals surface area contributed by atoms with Gasteiger partial charge in [-0.1, -0.05) is 0 Å². The number of piperidine rings is 1. The maximum absolute atomic E-state index is 13.0. The van der Waals surface area contributed by atoms with Crippen molar-refractivity contribution < 1.29 is 18.7 Å². The lowest BCUT2D eigenvalue weighted by Crippen LogP contribution is -2.49. The van der Waals surface area contributed by atoms with Gasteiger partial charge in [-0.2, -0.15) is 0 Å². The molecular formula is C13H15FN4O3. The number of carbonyl (C=O) groups excluding carboxylic acids is 2. The lowest BCUT2D eigenvalue weighted by atomic mass is 9.92. The maximum Gasteiger partial charge on any atom is 0.407 e. The average Bonchev–Trinajstić information content (AvgIpc) is 2.80. The Labute approximate surface area is 120 Å². The molecule has 112 valence electrons. The van der Waals surface area contributed by atoms with E-state index in [0.29, 0.717) is 38.2 Å². The maximum atomic E-state index is 13.0. The van der Waals surface area contributed by atoms with Crippen LogP contribution in [-0.2, 0) is 4.74 Å². The molecule has 3 rings (SSSR count). The number of anilines is 1. The van der Waals surface area contributed by atoms with E-state index in [9.17, 15) is 14.0 Å². The van der Waals surface area contributed by atoms with Gasteiger partial charge in [0.25, 0.3) is 0 Å². The molecule has 2 fully saturated rings. The number of halogens is 1. The Morgan fingerprint density at radius 1 is 1.43 bits per heavy atom. The van der Waals surface area contributed by atoms with Crippen LogP contribution in [0, 0.1) is 5.82 Å². The smallest absolute Gasteiger partial charge is 0.407 e. The Balaban J connectivity index is 1.57. The van der Waals surface area contributed by atoms with Gasteiger partial charge in [0.2, 0.25) is 0 Å². The van der Waals surface area contributed by atoms with Gasteiger partial charge in [0.05, 0.1) is 24.6 Å². The molecule has 2 saturated heterocycles. The summed E-state index contributed by atoms with van der Waals surface area (Å²) in [5.74, 6) is -0.505. The molecular weight excluding hydrogens is 279 g/mol. The van der Waals surface area contributed by atoms with Crippen molar-refractivity contribution in [3.05, 3.63) is 24.3 Å². The number of rotatable bonds is 1. The highest BCUT2D eigenvalue weighted by Gasteiger charge is 2.43. The molecule has 1 spiro atoms. The van der Waals surface area contributed by atoms with Gasteiger partial charge in [-0.15, -0.1) is 0 Å². The van der Waals surface area contributed by atoms with Gasteiger partial charge in [0.1, 0.15) is 11.4 Å². The molecule has 2 aliphatic heterocycles. The largest absolute Gasteiger partial charge is 0.441 e. The number of likely N-dealkylation sites (tertiary alicyclic amines) is 1. The summed E-state index contributed by atoms with van der Waals surface area (Å²) >= 11 is 0. The monoisotopic (exact) mass is 294 g/mol. The number of hydrogen-bond acceptors (Lipinski definition) is 4. The van der Waals surface area contributed by atoms with Crippen molar-refractivity contribution in [2.45, 2.75) is 18.4 Å². The minimum absolute atomic E-state index is 0.311. The number of ether oxygens (including phenoxy) is 1. The number of aromatic nitrogens is 1. The lowest BCUT2D eigenvalue weighted by molar-refractivity contribution is 0.0110. The Morgan fingerprint density at radius 3 is 2.81 bits per heavy atom. The Kier molecular flexibility index (Phi) is 3.36. The first-order valence-corrected chi connectivity index (χ1v) is 6.70. The molecule has 2 aliphatic rings. The van der Waals surface area contributed by atoms with Gasteiger partial charge in [-0.05, 0) is 0 Å². The van der Waals surface area contributed by atoms with Crippen LogP contribution in [-0.4, -0.2) is 47.2 Å². The molecule has 0 saturated carbocycles. The zero-order chi connectivity index (χ0) is 14.9. The molecule has 1 aromatic rings. The van der Waals surface area contributed by atoms with Gasteiger partial charge in [-0.25, -0.2) is 14.0 Å². The zero-order valence-electron chi connectivity index (χ0n) is 11.3. The summed E-state index contributed by atoms with van der Waals surface area (Å²) in [5, 5.41) is 5.24. The second-order valence-corrected chi connectivity index (χ2v) is 5.24. The molecule has 7 nitrogen and oxygen atoms in total. The van der Waals surface area contributed by atoms with Crippen molar-refractivity contribution in [3.8, 4) is 0 Å². The van der Waals surface area contributed by atoms with Gasteiger partial charge in [0, 0.05) is 32.0 Å². The molecule has 21 heavy (non-hydrogen) atoms. The lowest BCUT2D eigenvalue weighted by Gasteiger charge is -2.36. The molecule has 8 heteroatoms. The Morgan fingerprint density at radius 2 is 2.19 bits per heavy atom. The summed E-state index contributed by atoms with van der Waals surface area (Å²) in [4.78, 5) is 28.5. The highest BCUT2D eigenvalue weighted by atomic mass is 19.1. The van der Waals surface area contributed by atoms with Crippen LogP contribution in [0.15, 0.2) is 18.5 Å². The number of amides is 3. The second kappa shape index (κ2) is 5.19. The van der Waals surface area contributed by atoms with Crippen molar-refractivity contribution in [1.29, 1.82) is 0 Å². The summed E-state index contributed by atoms with van der Waals surface area (Å²) < 4.78 is 18.3. The van der Waals surface area contributed by atoms with Gasteiger partial charge >= 0.3 is 12.1 Å². The van der Waals surface area contributed by atoms with Crippen molar-refractivity contribution in [3.63, 3.8) is 0 Å². The number of alkyl carbamates (subject to hydrolysis) is 1. The van der Waals surface area contributed by atoms with Crippen LogP contribution in [0.4, 0.5) is 19.7 Å². The van der Waals surface area contributed by atoms with Gasteiger partial charge in [0.15, 0.2) is 0 Å². The number of hydrogen-bond donors (Lipinski definition) is 2. The fourth-order valence-electron chi connectivity index (χ4n) is 2.58. The van der Waals surface area contributed by atoms with Gasteiger partial charge < -0.3 is 20.3 Å². The number of carbonyl (C=O) groups is 2. The zero-order valence-corrected chi connectivity index (χ0v) is 11.3. The third kappa shape index (κ3) is 2.88. The van der Waals surface area contributed by atoms with E-state index < -0.39 is 17.5 Å². The van der Waals surface area contributed by atoms with Crippen molar-refractivity contribution in [2.75, 3.05) is 25.0 Å². The van der Waals surface area contributed by atoms with Crippen molar-refractivity contribution in [1.82, 2.24) is 15.2 Å². The van der Waals surface area contributed by atoms with Crippen LogP contribution in [0.25, 0.3) is 0 Å². The summed E-state index contributed by atoms with van der Waals surface area (Å²) in [7, 11) is 0. The fourth-order valence-corrected chi connectivity index (χ4v) is 2.58. The van der Waals surface area contributed by atoms with E-state index in [1.807, 2.05) is 0 Å². The molecule has 2 N–H and O–H groups in total. The van der Waals surface area contributed by atoms with E-state index in [2.05, 4.69) is 15.6 Å². The summed E-state index contributed by atoms with van der Waals surface area (Å²) in [6.07, 6.45) is 3.22. The average molecular weight is 294 g/mol. The number of nitrogens with one attached hydrogen (secondary N) is 2. The van der Waals surface area contributed by atoms with Crippen LogP contribution in [0.3, 0.4) is 0 Å². The number of urea groups is 1. The molecule has 3 amide bonds. The number of pyridine rings is 1. The third-order valence-electron chi connectivity index (χ3n) is 3.78. The standard InChI is InChI=1S/C13H15FN4O3/c14-9-5-10(7-15-6-9)17-11(19)18-3-1-13(2-4-18)8-16-12(20)21-13/h5-7H,1-4,8H2,(H,16,20)(H,17,19). The third-order valence-corrected chi connectivity index (χ3v) is 3.78. The predicted molar refractivity (Wildman–Crippen MR) is 71.2 cm³/mol. The Hall–Kier alpha value is -2.38. The topological polar surface area (TPSA) is 83.6 Å².